The van der Waals surface area contributed by atoms with Crippen LogP contribution in [-0.4, -0.2) is 35.6 Å². The Bertz CT molecular complexity index is 682. The van der Waals surface area contributed by atoms with Crippen molar-refractivity contribution in [2.45, 2.75) is 65.2 Å². The maximum atomic E-state index is 12.6. The number of oxime groups is 2. The van der Waals surface area contributed by atoms with Crippen molar-refractivity contribution in [3.63, 3.8) is 0 Å². The van der Waals surface area contributed by atoms with E-state index >= 15 is 0 Å². The van der Waals surface area contributed by atoms with Gasteiger partial charge in [-0.25, -0.2) is 0 Å². The number of nitrogens with zero attached hydrogens (tertiary/aromatic N) is 2. The molecular weight excluding hydrogens is 378 g/mol. The van der Waals surface area contributed by atoms with Crippen molar-refractivity contribution in [3.8, 4) is 0 Å². The Morgan fingerprint density at radius 2 is 1.96 bits per heavy atom. The first-order valence-corrected chi connectivity index (χ1v) is 10.6. The molecule has 158 valence electrons. The lowest BCUT2D eigenvalue weighted by molar-refractivity contribution is -0.133. The number of fused-ring (bicyclic) bond motifs is 5. The first-order chi connectivity index (χ1) is 12.9. The van der Waals surface area contributed by atoms with Crippen LogP contribution in [0.1, 0.15) is 65.2 Å². The second kappa shape index (κ2) is 7.94. The summed E-state index contributed by atoms with van der Waals surface area (Å²) in [7, 11) is 0. The van der Waals surface area contributed by atoms with Gasteiger partial charge in [-0.3, -0.25) is 4.79 Å². The lowest BCUT2D eigenvalue weighted by atomic mass is 9.45. The number of hydrogen-bond donors (Lipinski definition) is 2. The fraction of sp³-hybridized carbons (Fsp3) is 0.857. The highest BCUT2D eigenvalue weighted by Crippen LogP contribution is 2.64. The molecule has 7 heteroatoms. The number of nitrogens with two attached hydrogens (primary N) is 1. The number of halogens is 1. The minimum atomic E-state index is -0.151. The van der Waals surface area contributed by atoms with E-state index in [9.17, 15) is 10.0 Å². The summed E-state index contributed by atoms with van der Waals surface area (Å²) in [5, 5.41) is 17.9. The number of carbonyl (C=O) groups is 1. The van der Waals surface area contributed by atoms with Crippen LogP contribution in [0.2, 0.25) is 0 Å². The Morgan fingerprint density at radius 3 is 2.68 bits per heavy atom. The van der Waals surface area contributed by atoms with Gasteiger partial charge >= 0.3 is 0 Å². The second-order valence-electron chi connectivity index (χ2n) is 9.63. The molecule has 4 aliphatic carbocycles. The van der Waals surface area contributed by atoms with E-state index in [0.717, 1.165) is 62.8 Å². The molecule has 3 N–H and O–H groups in total. The van der Waals surface area contributed by atoms with Gasteiger partial charge in [-0.15, -0.1) is 12.4 Å². The molecule has 0 aromatic heterocycles. The molecule has 0 radical (unpaired) electrons. The average Bonchev–Trinajstić information content (AvgIpc) is 2.96. The number of hydrogen-bond acceptors (Lipinski definition) is 6. The molecule has 0 amide bonds. The van der Waals surface area contributed by atoms with Crippen molar-refractivity contribution in [1.82, 2.24) is 0 Å². The molecule has 0 spiro atoms. The predicted octanol–water partition coefficient (Wildman–Crippen LogP) is 3.79. The van der Waals surface area contributed by atoms with Crippen LogP contribution in [0.15, 0.2) is 10.3 Å². The highest BCUT2D eigenvalue weighted by molar-refractivity contribution is 5.96. The van der Waals surface area contributed by atoms with E-state index < -0.39 is 0 Å². The molecule has 4 aliphatic rings. The fourth-order valence-corrected chi connectivity index (χ4v) is 7.03. The summed E-state index contributed by atoms with van der Waals surface area (Å²) in [5.74, 6) is 2.19. The average molecular weight is 412 g/mol. The zero-order valence-electron chi connectivity index (χ0n) is 17.0. The van der Waals surface area contributed by atoms with E-state index in [0.29, 0.717) is 36.7 Å². The number of Topliss-reactive ketones (excluding diaryl/α,β-unsaturated/α-hetero) is 1. The molecule has 0 saturated heterocycles. The molecule has 6 atom stereocenters. The molecule has 0 aliphatic heterocycles. The Hall–Kier alpha value is -1.14. The van der Waals surface area contributed by atoms with Crippen molar-refractivity contribution < 1.29 is 14.8 Å². The van der Waals surface area contributed by atoms with Crippen LogP contribution in [0.4, 0.5) is 0 Å². The van der Waals surface area contributed by atoms with Gasteiger partial charge in [0.1, 0.15) is 12.4 Å². The van der Waals surface area contributed by atoms with Crippen LogP contribution in [0.3, 0.4) is 0 Å². The van der Waals surface area contributed by atoms with Gasteiger partial charge in [0.15, 0.2) is 0 Å². The second-order valence-corrected chi connectivity index (χ2v) is 9.63. The molecule has 4 saturated carbocycles. The minimum absolute atomic E-state index is 0. The van der Waals surface area contributed by atoms with Gasteiger partial charge in [0, 0.05) is 24.3 Å². The topological polar surface area (TPSA) is 97.3 Å². The van der Waals surface area contributed by atoms with E-state index in [1.54, 1.807) is 0 Å². The van der Waals surface area contributed by atoms with Crippen LogP contribution in [-0.2, 0) is 9.63 Å². The smallest absolute Gasteiger partial charge is 0.139 e. The van der Waals surface area contributed by atoms with Crippen molar-refractivity contribution >= 4 is 29.6 Å². The van der Waals surface area contributed by atoms with Gasteiger partial charge in [0.25, 0.3) is 0 Å². The molecule has 0 aromatic rings. The van der Waals surface area contributed by atoms with Crippen molar-refractivity contribution in [2.24, 2.45) is 50.5 Å². The summed E-state index contributed by atoms with van der Waals surface area (Å²) in [5.41, 5.74) is 7.41. The highest BCUT2D eigenvalue weighted by Gasteiger charge is 2.61. The number of carbonyl (C=O) groups excluding carboxylic acids is 1. The van der Waals surface area contributed by atoms with E-state index in [2.05, 4.69) is 24.2 Å². The van der Waals surface area contributed by atoms with Crippen molar-refractivity contribution in [2.75, 3.05) is 13.2 Å². The van der Waals surface area contributed by atoms with Gasteiger partial charge in [-0.2, -0.15) is 0 Å². The predicted molar refractivity (Wildman–Crippen MR) is 111 cm³/mol. The molecule has 0 aromatic carbocycles. The van der Waals surface area contributed by atoms with Crippen molar-refractivity contribution in [3.05, 3.63) is 0 Å². The largest absolute Gasteiger partial charge is 0.411 e. The normalized spacial score (nSPS) is 45.2. The summed E-state index contributed by atoms with van der Waals surface area (Å²) >= 11 is 0. The van der Waals surface area contributed by atoms with Crippen LogP contribution in [0, 0.1) is 34.5 Å². The van der Waals surface area contributed by atoms with Crippen molar-refractivity contribution in [1.29, 1.82) is 0 Å². The molecular formula is C21H34ClN3O3. The Kier molecular flexibility index (Phi) is 6.12. The van der Waals surface area contributed by atoms with Crippen LogP contribution in [0.5, 0.6) is 0 Å². The number of rotatable bonds is 3. The van der Waals surface area contributed by atoms with Gasteiger partial charge in [-0.1, -0.05) is 24.2 Å². The fourth-order valence-electron chi connectivity index (χ4n) is 7.03. The molecule has 6 nitrogen and oxygen atoms in total. The van der Waals surface area contributed by atoms with Gasteiger partial charge in [0.2, 0.25) is 0 Å². The summed E-state index contributed by atoms with van der Waals surface area (Å²) in [6.07, 6.45) is 7.48. The number of ketones is 1. The van der Waals surface area contributed by atoms with E-state index in [-0.39, 0.29) is 29.2 Å². The zero-order valence-corrected chi connectivity index (χ0v) is 17.8. The first kappa shape index (κ1) is 21.6. The Labute approximate surface area is 173 Å². The van der Waals surface area contributed by atoms with E-state index in [1.807, 2.05) is 0 Å². The highest BCUT2D eigenvalue weighted by atomic mass is 35.5. The molecule has 28 heavy (non-hydrogen) atoms. The lowest BCUT2D eigenvalue weighted by Crippen LogP contribution is -2.56. The van der Waals surface area contributed by atoms with Gasteiger partial charge in [0.05, 0.1) is 11.4 Å². The van der Waals surface area contributed by atoms with E-state index in [1.165, 1.54) is 0 Å². The maximum Gasteiger partial charge on any atom is 0.139 e. The molecule has 4 fully saturated rings. The summed E-state index contributed by atoms with van der Waals surface area (Å²) in [6, 6.07) is 0. The molecule has 1 unspecified atom stereocenters. The zero-order chi connectivity index (χ0) is 19.2. The Morgan fingerprint density at radius 1 is 1.18 bits per heavy atom. The van der Waals surface area contributed by atoms with Gasteiger partial charge < -0.3 is 15.8 Å². The lowest BCUT2D eigenvalue weighted by Gasteiger charge is -2.59. The summed E-state index contributed by atoms with van der Waals surface area (Å²) in [6.45, 7) is 5.47. The van der Waals surface area contributed by atoms with Crippen LogP contribution >= 0.6 is 12.4 Å². The van der Waals surface area contributed by atoms with E-state index in [4.69, 9.17) is 10.6 Å². The molecule has 0 bridgehead atoms. The van der Waals surface area contributed by atoms with Gasteiger partial charge in [-0.05, 0) is 68.1 Å². The third-order valence-electron chi connectivity index (χ3n) is 8.56. The standard InChI is InChI=1S/C21H33N3O3.ClH/c1-20-7-5-13(24-27-10-9-22)11-17(20)18(23-26)12-14-15-3-4-19(25)21(15,2)8-6-16(14)20;/h14-17,26H,3-12,22H2,1-2H3;1H/b23-18+,24-13?;/t14-,15-,16-,17?,20+,21-;/m0./s1. The summed E-state index contributed by atoms with van der Waals surface area (Å²) < 4.78 is 0. The quantitative estimate of drug-likeness (QED) is 0.419. The maximum absolute atomic E-state index is 12.6. The third-order valence-corrected chi connectivity index (χ3v) is 8.56. The SMILES string of the molecule is C[C@]12CCC(=NOCCN)CC1/C(=N/O)C[C@@H]1[C@@H]2CC[C@]2(C)C(=O)CC[C@@H]12.Cl. The van der Waals surface area contributed by atoms with Crippen LogP contribution < -0.4 is 5.73 Å². The third kappa shape index (κ3) is 3.17. The molecule has 4 rings (SSSR count). The Balaban J connectivity index is 0.00000225. The van der Waals surface area contributed by atoms with Crippen LogP contribution in [0.25, 0.3) is 0 Å². The molecule has 0 heterocycles. The monoisotopic (exact) mass is 411 g/mol. The summed E-state index contributed by atoms with van der Waals surface area (Å²) in [4.78, 5) is 17.9. The first-order valence-electron chi connectivity index (χ1n) is 10.6. The minimum Gasteiger partial charge on any atom is -0.411 e.